The summed E-state index contributed by atoms with van der Waals surface area (Å²) >= 11 is 0. The van der Waals surface area contributed by atoms with Crippen LogP contribution in [-0.2, 0) is 16.6 Å². The third-order valence-electron chi connectivity index (χ3n) is 9.21. The highest BCUT2D eigenvalue weighted by molar-refractivity contribution is 7.93. The van der Waals surface area contributed by atoms with Crippen molar-refractivity contribution in [3.63, 3.8) is 0 Å². The van der Waals surface area contributed by atoms with Gasteiger partial charge in [-0.1, -0.05) is 17.3 Å². The van der Waals surface area contributed by atoms with Gasteiger partial charge in [0.25, 0.3) is 10.0 Å². The first-order chi connectivity index (χ1) is 23.8. The Morgan fingerprint density at radius 2 is 1.55 bits per heavy atom. The number of nitrogens with zero attached hydrogens (tertiary/aromatic N) is 3. The number of benzene rings is 3. The summed E-state index contributed by atoms with van der Waals surface area (Å²) in [6, 6.07) is 16.2. The molecule has 0 radical (unpaired) electrons. The first-order valence-electron chi connectivity index (χ1n) is 16.2. The molecule has 0 unspecified atom stereocenters. The van der Waals surface area contributed by atoms with E-state index in [0.717, 1.165) is 50.0 Å². The molecule has 1 saturated carbocycles. The lowest BCUT2D eigenvalue weighted by Crippen LogP contribution is -2.32. The predicted octanol–water partition coefficient (Wildman–Crippen LogP) is 6.07. The van der Waals surface area contributed by atoms with Gasteiger partial charge in [0.15, 0.2) is 22.1 Å². The standard InChI is InChI=1S/C35H40N6O7S/c1-44-25-9-5-21(6-10-25)20-41(49(42,43)34-31(46-3)15-24(16-32(34)47-4)22-11-13-36-14-12-22)35-26-17-30(45-2)28(18-29(26)48-40-35)37-33-19-27(38-39-33)23-7-8-23/h5-6,9-10,15-19,22-23,36H,7-8,11-14,20H2,1-4H3,(H2,37,38,39). The SMILES string of the molecule is COc1ccc(CN(c2noc3cc(Nc4cc(C5CC5)[nH]n4)c(OC)cc23)S(=O)(=O)c2c(OC)cc(C3CCNCC3)cc2OC)cc1. The molecule has 1 aliphatic heterocycles. The highest BCUT2D eigenvalue weighted by atomic mass is 32.2. The quantitative estimate of drug-likeness (QED) is 0.132. The van der Waals surface area contributed by atoms with Crippen LogP contribution in [-0.4, -0.2) is 65.3 Å². The summed E-state index contributed by atoms with van der Waals surface area (Å²) < 4.78 is 59.6. The van der Waals surface area contributed by atoms with Crippen LogP contribution in [0, 0.1) is 0 Å². The number of anilines is 3. The third-order valence-corrected chi connectivity index (χ3v) is 11.0. The van der Waals surface area contributed by atoms with E-state index in [1.54, 1.807) is 50.6 Å². The molecular formula is C35H40N6O7S. The second kappa shape index (κ2) is 13.5. The number of rotatable bonds is 13. The third kappa shape index (κ3) is 6.45. The number of hydrogen-bond donors (Lipinski definition) is 3. The molecule has 3 heterocycles. The number of piperidine rings is 1. The molecule has 258 valence electrons. The van der Waals surface area contributed by atoms with Crippen molar-refractivity contribution >= 4 is 38.3 Å². The van der Waals surface area contributed by atoms with Crippen LogP contribution in [0.5, 0.6) is 23.0 Å². The minimum atomic E-state index is -4.39. The zero-order valence-electron chi connectivity index (χ0n) is 27.9. The summed E-state index contributed by atoms with van der Waals surface area (Å²) in [4.78, 5) is -0.102. The van der Waals surface area contributed by atoms with Crippen molar-refractivity contribution in [3.05, 3.63) is 71.4 Å². The van der Waals surface area contributed by atoms with Crippen LogP contribution >= 0.6 is 0 Å². The van der Waals surface area contributed by atoms with E-state index in [4.69, 9.17) is 23.5 Å². The van der Waals surface area contributed by atoms with Gasteiger partial charge in [-0.05, 0) is 86.1 Å². The Hall–Kier alpha value is -4.95. The fourth-order valence-electron chi connectivity index (χ4n) is 6.37. The van der Waals surface area contributed by atoms with Crippen LogP contribution in [0.3, 0.4) is 0 Å². The van der Waals surface area contributed by atoms with Crippen molar-refractivity contribution in [1.82, 2.24) is 20.7 Å². The Morgan fingerprint density at radius 1 is 0.857 bits per heavy atom. The lowest BCUT2D eigenvalue weighted by molar-refractivity contribution is 0.369. The van der Waals surface area contributed by atoms with E-state index in [9.17, 15) is 8.42 Å². The van der Waals surface area contributed by atoms with Gasteiger partial charge in [-0.25, -0.2) is 12.7 Å². The Kier molecular flexibility index (Phi) is 8.99. The van der Waals surface area contributed by atoms with Gasteiger partial charge in [-0.2, -0.15) is 5.10 Å². The Morgan fingerprint density at radius 3 is 2.18 bits per heavy atom. The lowest BCUT2D eigenvalue weighted by atomic mass is 9.90. The molecule has 14 heteroatoms. The first-order valence-corrected chi connectivity index (χ1v) is 17.7. The summed E-state index contributed by atoms with van der Waals surface area (Å²) in [6.45, 7) is 1.69. The molecule has 0 spiro atoms. The zero-order valence-corrected chi connectivity index (χ0v) is 28.7. The molecule has 1 aliphatic carbocycles. The normalized spacial score (nSPS) is 15.3. The van der Waals surface area contributed by atoms with E-state index in [-0.39, 0.29) is 34.7 Å². The van der Waals surface area contributed by atoms with Gasteiger partial charge >= 0.3 is 0 Å². The van der Waals surface area contributed by atoms with Gasteiger partial charge < -0.3 is 34.1 Å². The Bertz CT molecular complexity index is 2030. The molecule has 5 aromatic rings. The number of nitrogens with one attached hydrogen (secondary N) is 3. The predicted molar refractivity (Wildman–Crippen MR) is 185 cm³/mol. The molecular weight excluding hydrogens is 648 g/mol. The summed E-state index contributed by atoms with van der Waals surface area (Å²) in [7, 11) is 1.66. The van der Waals surface area contributed by atoms with Gasteiger partial charge in [0.1, 0.15) is 23.0 Å². The molecule has 7 rings (SSSR count). The molecule has 2 aliphatic rings. The molecule has 49 heavy (non-hydrogen) atoms. The number of H-pyrrole nitrogens is 1. The number of fused-ring (bicyclic) bond motifs is 1. The average molecular weight is 689 g/mol. The van der Waals surface area contributed by atoms with Crippen LogP contribution in [0.25, 0.3) is 11.0 Å². The van der Waals surface area contributed by atoms with Crippen LogP contribution < -0.4 is 33.9 Å². The minimum absolute atomic E-state index is 0.0736. The maximum absolute atomic E-state index is 15.0. The largest absolute Gasteiger partial charge is 0.497 e. The van der Waals surface area contributed by atoms with Gasteiger partial charge in [-0.3, -0.25) is 5.10 Å². The lowest BCUT2D eigenvalue weighted by Gasteiger charge is -2.27. The first kappa shape index (κ1) is 32.6. The van der Waals surface area contributed by atoms with Crippen molar-refractivity contribution in [3.8, 4) is 23.0 Å². The van der Waals surface area contributed by atoms with Gasteiger partial charge in [0.05, 0.1) is 46.1 Å². The van der Waals surface area contributed by atoms with Crippen LogP contribution in [0.4, 0.5) is 17.3 Å². The fraction of sp³-hybridized carbons (Fsp3) is 0.371. The summed E-state index contributed by atoms with van der Waals surface area (Å²) in [6.07, 6.45) is 4.14. The maximum atomic E-state index is 15.0. The molecule has 0 amide bonds. The summed E-state index contributed by atoms with van der Waals surface area (Å²) in [5.41, 5.74) is 3.69. The number of hydrogen-bond acceptors (Lipinski definition) is 11. The highest BCUT2D eigenvalue weighted by Crippen LogP contribution is 2.44. The van der Waals surface area contributed by atoms with Crippen molar-refractivity contribution in [2.24, 2.45) is 0 Å². The maximum Gasteiger partial charge on any atom is 0.273 e. The highest BCUT2D eigenvalue weighted by Gasteiger charge is 2.36. The van der Waals surface area contributed by atoms with Gasteiger partial charge in [0, 0.05) is 23.7 Å². The second-order valence-electron chi connectivity index (χ2n) is 12.3. The topological polar surface area (TPSA) is 153 Å². The molecule has 3 aromatic carbocycles. The van der Waals surface area contributed by atoms with Crippen LogP contribution in [0.15, 0.2) is 64.0 Å². The second-order valence-corrected chi connectivity index (χ2v) is 14.1. The molecule has 1 saturated heterocycles. The van der Waals surface area contributed by atoms with Gasteiger partial charge in [-0.15, -0.1) is 0 Å². The molecule has 0 atom stereocenters. The number of aromatic amines is 1. The van der Waals surface area contributed by atoms with E-state index >= 15 is 0 Å². The van der Waals surface area contributed by atoms with E-state index < -0.39 is 10.0 Å². The number of methoxy groups -OCH3 is 4. The van der Waals surface area contributed by atoms with Crippen molar-refractivity contribution in [2.45, 2.75) is 49.0 Å². The average Bonchev–Trinajstić information content (AvgIpc) is 3.75. The molecule has 2 fully saturated rings. The van der Waals surface area contributed by atoms with E-state index in [1.165, 1.54) is 18.5 Å². The van der Waals surface area contributed by atoms with E-state index in [2.05, 4.69) is 26.0 Å². The van der Waals surface area contributed by atoms with Crippen LogP contribution in [0.2, 0.25) is 0 Å². The van der Waals surface area contributed by atoms with Gasteiger partial charge in [0.2, 0.25) is 0 Å². The van der Waals surface area contributed by atoms with Crippen molar-refractivity contribution < 1.29 is 31.9 Å². The number of sulfonamides is 1. The zero-order chi connectivity index (χ0) is 34.1. The van der Waals surface area contributed by atoms with Crippen LogP contribution in [0.1, 0.15) is 54.3 Å². The molecule has 2 aromatic heterocycles. The fourth-order valence-corrected chi connectivity index (χ4v) is 8.06. The van der Waals surface area contributed by atoms with E-state index in [0.29, 0.717) is 45.5 Å². The van der Waals surface area contributed by atoms with E-state index in [1.807, 2.05) is 18.2 Å². The summed E-state index contributed by atoms with van der Waals surface area (Å²) in [5.74, 6) is 2.95. The summed E-state index contributed by atoms with van der Waals surface area (Å²) in [5, 5.41) is 18.9. The van der Waals surface area contributed by atoms with Crippen molar-refractivity contribution in [2.75, 3.05) is 51.2 Å². The molecule has 0 bridgehead atoms. The molecule has 13 nitrogen and oxygen atoms in total. The number of aromatic nitrogens is 3. The van der Waals surface area contributed by atoms with Crippen molar-refractivity contribution in [1.29, 1.82) is 0 Å². The number of ether oxygens (including phenoxy) is 4. The molecule has 3 N–H and O–H groups in total. The smallest absolute Gasteiger partial charge is 0.273 e. The monoisotopic (exact) mass is 688 g/mol. The minimum Gasteiger partial charge on any atom is -0.497 e. The Labute approximate surface area is 284 Å². The Balaban J connectivity index is 1.33.